The molecule has 1 aliphatic rings. The molecule has 1 unspecified atom stereocenters. The van der Waals surface area contributed by atoms with Crippen molar-refractivity contribution in [2.24, 2.45) is 5.92 Å². The molecule has 1 atom stereocenters. The van der Waals surface area contributed by atoms with Gasteiger partial charge in [-0.25, -0.2) is 14.8 Å². The van der Waals surface area contributed by atoms with E-state index < -0.39 is 5.97 Å². The fraction of sp³-hybridized carbons (Fsp3) is 0.211. The van der Waals surface area contributed by atoms with Gasteiger partial charge in [0.15, 0.2) is 0 Å². The molecule has 2 aromatic heterocycles. The average Bonchev–Trinajstić information content (AvgIpc) is 3.05. The van der Waals surface area contributed by atoms with Gasteiger partial charge in [-0.15, -0.1) is 0 Å². The van der Waals surface area contributed by atoms with Crippen molar-refractivity contribution in [3.63, 3.8) is 0 Å². The van der Waals surface area contributed by atoms with E-state index in [2.05, 4.69) is 16.9 Å². The normalized spacial score (nSPS) is 18.7. The number of fused-ring (bicyclic) bond motifs is 2. The van der Waals surface area contributed by atoms with Crippen LogP contribution in [0.5, 0.6) is 0 Å². The molecule has 4 rings (SSSR count). The van der Waals surface area contributed by atoms with E-state index in [1.807, 2.05) is 30.3 Å². The van der Waals surface area contributed by atoms with E-state index in [0.717, 1.165) is 35.5 Å². The molecule has 5 heteroatoms. The first kappa shape index (κ1) is 14.6. The van der Waals surface area contributed by atoms with Crippen molar-refractivity contribution in [1.82, 2.24) is 15.0 Å². The predicted molar refractivity (Wildman–Crippen MR) is 92.6 cm³/mol. The summed E-state index contributed by atoms with van der Waals surface area (Å²) in [6, 6.07) is 7.44. The van der Waals surface area contributed by atoms with Crippen LogP contribution < -0.4 is 0 Å². The smallest absolute Gasteiger partial charge is 0.336 e. The molecule has 0 radical (unpaired) electrons. The fourth-order valence-electron chi connectivity index (χ4n) is 3.50. The van der Waals surface area contributed by atoms with Crippen molar-refractivity contribution < 1.29 is 9.90 Å². The molecule has 1 aromatic carbocycles. The molecular weight excluding hydrogens is 302 g/mol. The van der Waals surface area contributed by atoms with Gasteiger partial charge in [-0.1, -0.05) is 25.1 Å². The number of nitrogens with one attached hydrogen (secondary N) is 1. The molecule has 0 saturated heterocycles. The number of imidazole rings is 1. The van der Waals surface area contributed by atoms with Crippen LogP contribution in [0.2, 0.25) is 0 Å². The SMILES string of the molecule is CC1CC(=Cc2ncc[nH]2)c2nc3ccccc3c(C(=O)O)c2C1. The minimum Gasteiger partial charge on any atom is -0.478 e. The first-order valence-electron chi connectivity index (χ1n) is 7.98. The van der Waals surface area contributed by atoms with Crippen LogP contribution in [0.4, 0.5) is 0 Å². The zero-order valence-corrected chi connectivity index (χ0v) is 13.3. The summed E-state index contributed by atoms with van der Waals surface area (Å²) in [5.74, 6) is 0.230. The number of para-hydroxylation sites is 1. The minimum atomic E-state index is -0.892. The second kappa shape index (κ2) is 5.60. The number of rotatable bonds is 2. The number of carboxylic acids is 1. The standard InChI is InChI=1S/C19H17N3O2/c1-11-8-12(10-16-20-6-7-21-16)18-14(9-11)17(19(23)24)13-4-2-3-5-15(13)22-18/h2-7,10-11H,8-9H2,1H3,(H,20,21)(H,23,24). The summed E-state index contributed by atoms with van der Waals surface area (Å²) in [5, 5.41) is 10.5. The summed E-state index contributed by atoms with van der Waals surface area (Å²) in [6.07, 6.45) is 7.04. The van der Waals surface area contributed by atoms with Crippen LogP contribution in [0.25, 0.3) is 22.6 Å². The van der Waals surface area contributed by atoms with Gasteiger partial charge in [-0.3, -0.25) is 0 Å². The van der Waals surface area contributed by atoms with Crippen molar-refractivity contribution in [1.29, 1.82) is 0 Å². The van der Waals surface area contributed by atoms with E-state index in [-0.39, 0.29) is 0 Å². The lowest BCUT2D eigenvalue weighted by Crippen LogP contribution is -2.17. The maximum Gasteiger partial charge on any atom is 0.336 e. The molecule has 0 amide bonds. The Morgan fingerprint density at radius 2 is 2.17 bits per heavy atom. The number of aromatic amines is 1. The maximum atomic E-state index is 12.0. The number of hydrogen-bond acceptors (Lipinski definition) is 3. The van der Waals surface area contributed by atoms with Crippen LogP contribution in [0, 0.1) is 5.92 Å². The maximum absolute atomic E-state index is 12.0. The lowest BCUT2D eigenvalue weighted by molar-refractivity contribution is 0.0697. The van der Waals surface area contributed by atoms with E-state index >= 15 is 0 Å². The van der Waals surface area contributed by atoms with Crippen LogP contribution in [0.1, 0.15) is 40.8 Å². The third-order valence-electron chi connectivity index (χ3n) is 4.46. The number of aromatic nitrogens is 3. The molecule has 5 nitrogen and oxygen atoms in total. The molecule has 0 saturated carbocycles. The van der Waals surface area contributed by atoms with Crippen molar-refractivity contribution in [3.05, 3.63) is 59.3 Å². The largest absolute Gasteiger partial charge is 0.478 e. The Morgan fingerprint density at radius 1 is 1.33 bits per heavy atom. The first-order valence-corrected chi connectivity index (χ1v) is 7.98. The van der Waals surface area contributed by atoms with Crippen molar-refractivity contribution in [3.8, 4) is 0 Å². The number of allylic oxidation sites excluding steroid dienone is 1. The molecule has 2 heterocycles. The Kier molecular flexibility index (Phi) is 3.41. The number of benzene rings is 1. The summed E-state index contributed by atoms with van der Waals surface area (Å²) in [4.78, 5) is 24.1. The van der Waals surface area contributed by atoms with Crippen molar-refractivity contribution >= 4 is 28.5 Å². The van der Waals surface area contributed by atoms with Crippen LogP contribution in [0.3, 0.4) is 0 Å². The van der Waals surface area contributed by atoms with Crippen LogP contribution in [-0.4, -0.2) is 26.0 Å². The molecule has 24 heavy (non-hydrogen) atoms. The predicted octanol–water partition coefficient (Wildman–Crippen LogP) is 3.78. The van der Waals surface area contributed by atoms with E-state index in [4.69, 9.17) is 4.98 Å². The number of carbonyl (C=O) groups is 1. The Labute approximate surface area is 139 Å². The zero-order chi connectivity index (χ0) is 16.7. The third kappa shape index (κ3) is 2.38. The number of carboxylic acid groups (broad SMARTS) is 1. The van der Waals surface area contributed by atoms with Gasteiger partial charge in [0, 0.05) is 17.8 Å². The highest BCUT2D eigenvalue weighted by molar-refractivity contribution is 6.05. The molecular formula is C19H17N3O2. The highest BCUT2D eigenvalue weighted by atomic mass is 16.4. The molecule has 3 aromatic rings. The van der Waals surface area contributed by atoms with Crippen LogP contribution in [0.15, 0.2) is 36.7 Å². The number of aromatic carboxylic acids is 1. The van der Waals surface area contributed by atoms with Gasteiger partial charge < -0.3 is 10.1 Å². The molecule has 0 spiro atoms. The second-order valence-corrected chi connectivity index (χ2v) is 6.29. The third-order valence-corrected chi connectivity index (χ3v) is 4.46. The lowest BCUT2D eigenvalue weighted by atomic mass is 9.81. The summed E-state index contributed by atoms with van der Waals surface area (Å²) in [7, 11) is 0. The highest BCUT2D eigenvalue weighted by Gasteiger charge is 2.27. The number of hydrogen-bond donors (Lipinski definition) is 2. The topological polar surface area (TPSA) is 78.9 Å². The second-order valence-electron chi connectivity index (χ2n) is 6.29. The van der Waals surface area contributed by atoms with Crippen LogP contribution in [-0.2, 0) is 6.42 Å². The van der Waals surface area contributed by atoms with E-state index in [1.165, 1.54) is 0 Å². The summed E-state index contributed by atoms with van der Waals surface area (Å²) < 4.78 is 0. The molecule has 1 aliphatic carbocycles. The average molecular weight is 319 g/mol. The lowest BCUT2D eigenvalue weighted by Gasteiger charge is -2.25. The molecule has 0 bridgehead atoms. The van der Waals surface area contributed by atoms with Crippen LogP contribution >= 0.6 is 0 Å². The Hall–Kier alpha value is -2.95. The fourth-order valence-corrected chi connectivity index (χ4v) is 3.50. The van der Waals surface area contributed by atoms with Gasteiger partial charge in [0.25, 0.3) is 0 Å². The quantitative estimate of drug-likeness (QED) is 0.753. The monoisotopic (exact) mass is 319 g/mol. The van der Waals surface area contributed by atoms with Gasteiger partial charge in [0.2, 0.25) is 0 Å². The van der Waals surface area contributed by atoms with Crippen molar-refractivity contribution in [2.75, 3.05) is 0 Å². The Bertz CT molecular complexity index is 958. The molecule has 0 fully saturated rings. The van der Waals surface area contributed by atoms with Crippen molar-refractivity contribution in [2.45, 2.75) is 19.8 Å². The zero-order valence-electron chi connectivity index (χ0n) is 13.3. The van der Waals surface area contributed by atoms with Gasteiger partial charge in [-0.05, 0) is 42.0 Å². The molecule has 2 N–H and O–H groups in total. The Balaban J connectivity index is 2.02. The molecule has 0 aliphatic heterocycles. The van der Waals surface area contributed by atoms with E-state index in [9.17, 15) is 9.90 Å². The van der Waals surface area contributed by atoms with E-state index in [1.54, 1.807) is 12.4 Å². The summed E-state index contributed by atoms with van der Waals surface area (Å²) >= 11 is 0. The molecule has 120 valence electrons. The van der Waals surface area contributed by atoms with Gasteiger partial charge in [-0.2, -0.15) is 0 Å². The van der Waals surface area contributed by atoms with E-state index in [0.29, 0.717) is 22.4 Å². The number of nitrogens with zero attached hydrogens (tertiary/aromatic N) is 2. The van der Waals surface area contributed by atoms with Gasteiger partial charge >= 0.3 is 5.97 Å². The number of pyridine rings is 1. The Morgan fingerprint density at radius 3 is 2.92 bits per heavy atom. The summed E-state index contributed by atoms with van der Waals surface area (Å²) in [5.41, 5.74) is 3.76. The summed E-state index contributed by atoms with van der Waals surface area (Å²) in [6.45, 7) is 2.14. The highest BCUT2D eigenvalue weighted by Crippen LogP contribution is 2.38. The van der Waals surface area contributed by atoms with Gasteiger partial charge in [0.05, 0.1) is 16.8 Å². The van der Waals surface area contributed by atoms with Gasteiger partial charge in [0.1, 0.15) is 5.82 Å². The first-order chi connectivity index (χ1) is 11.6. The minimum absolute atomic E-state index is 0.361. The number of H-pyrrole nitrogens is 1.